The monoisotopic (exact) mass is 319 g/mol. The number of aryl methyl sites for hydroxylation is 1. The highest BCUT2D eigenvalue weighted by atomic mass is 35.5. The van der Waals surface area contributed by atoms with E-state index in [9.17, 15) is 9.90 Å². The molecule has 0 saturated heterocycles. The summed E-state index contributed by atoms with van der Waals surface area (Å²) in [6, 6.07) is 8.31. The van der Waals surface area contributed by atoms with Gasteiger partial charge in [0.2, 0.25) is 0 Å². The molecule has 0 spiro atoms. The second-order valence-electron chi connectivity index (χ2n) is 5.25. The largest absolute Gasteiger partial charge is 0.384 e. The molecule has 1 aromatic heterocycles. The topological polar surface area (TPSA) is 74.2 Å². The van der Waals surface area contributed by atoms with E-state index in [1.165, 1.54) is 0 Å². The summed E-state index contributed by atoms with van der Waals surface area (Å²) in [5, 5.41) is 16.3. The Morgan fingerprint density at radius 1 is 1.36 bits per heavy atom. The van der Waals surface area contributed by atoms with Gasteiger partial charge in [0.25, 0.3) is 0 Å². The first-order valence-corrected chi connectivity index (χ1v) is 7.21. The molecule has 2 amide bonds. The Labute approximate surface area is 134 Å². The van der Waals surface area contributed by atoms with Crippen LogP contribution in [0.1, 0.15) is 18.1 Å². The molecule has 22 heavy (non-hydrogen) atoms. The number of halogens is 1. The van der Waals surface area contributed by atoms with Crippen LogP contribution >= 0.6 is 11.6 Å². The van der Waals surface area contributed by atoms with E-state index in [1.54, 1.807) is 49.6 Å². The van der Waals surface area contributed by atoms with Crippen molar-refractivity contribution in [1.82, 2.24) is 10.3 Å². The lowest BCUT2D eigenvalue weighted by molar-refractivity contribution is 0.0600. The molecule has 0 aliphatic heterocycles. The smallest absolute Gasteiger partial charge is 0.319 e. The number of hydrogen-bond acceptors (Lipinski definition) is 3. The summed E-state index contributed by atoms with van der Waals surface area (Å²) in [6.45, 7) is 3.49. The van der Waals surface area contributed by atoms with Gasteiger partial charge in [0.05, 0.1) is 6.54 Å². The Hall–Kier alpha value is -2.11. The van der Waals surface area contributed by atoms with Gasteiger partial charge in [-0.2, -0.15) is 0 Å². The van der Waals surface area contributed by atoms with Crippen LogP contribution < -0.4 is 10.6 Å². The molecule has 116 valence electrons. The van der Waals surface area contributed by atoms with Crippen LogP contribution in [0.3, 0.4) is 0 Å². The summed E-state index contributed by atoms with van der Waals surface area (Å²) in [5.41, 5.74) is 0.834. The second kappa shape index (κ2) is 6.77. The predicted molar refractivity (Wildman–Crippen MR) is 87.0 cm³/mol. The zero-order valence-electron chi connectivity index (χ0n) is 12.4. The molecule has 0 aliphatic carbocycles. The van der Waals surface area contributed by atoms with Crippen LogP contribution in [0, 0.1) is 6.92 Å². The normalized spacial score (nSPS) is 13.3. The number of amides is 2. The van der Waals surface area contributed by atoms with Crippen molar-refractivity contribution < 1.29 is 9.90 Å². The minimum Gasteiger partial charge on any atom is -0.384 e. The van der Waals surface area contributed by atoms with Crippen molar-refractivity contribution in [2.24, 2.45) is 0 Å². The van der Waals surface area contributed by atoms with E-state index >= 15 is 0 Å². The molecule has 5 nitrogen and oxygen atoms in total. The number of anilines is 1. The van der Waals surface area contributed by atoms with Crippen molar-refractivity contribution >= 4 is 23.3 Å². The minimum absolute atomic E-state index is 0.0344. The van der Waals surface area contributed by atoms with Gasteiger partial charge in [-0.1, -0.05) is 29.8 Å². The number of nitrogens with zero attached hydrogens (tertiary/aromatic N) is 1. The molecule has 3 N–H and O–H groups in total. The average Bonchev–Trinajstić information content (AvgIpc) is 2.48. The van der Waals surface area contributed by atoms with Crippen molar-refractivity contribution in [2.45, 2.75) is 19.4 Å². The van der Waals surface area contributed by atoms with Gasteiger partial charge in [-0.05, 0) is 31.5 Å². The van der Waals surface area contributed by atoms with Gasteiger partial charge >= 0.3 is 6.03 Å². The van der Waals surface area contributed by atoms with Crippen LogP contribution in [-0.4, -0.2) is 22.7 Å². The zero-order chi connectivity index (χ0) is 16.2. The number of aliphatic hydroxyl groups is 1. The average molecular weight is 320 g/mol. The molecule has 1 atom stereocenters. The van der Waals surface area contributed by atoms with Crippen molar-refractivity contribution in [2.75, 3.05) is 11.9 Å². The lowest BCUT2D eigenvalue weighted by atomic mass is 9.96. The molecule has 0 bridgehead atoms. The van der Waals surface area contributed by atoms with Crippen LogP contribution in [-0.2, 0) is 5.60 Å². The summed E-state index contributed by atoms with van der Waals surface area (Å²) in [6.07, 6.45) is 3.26. The highest BCUT2D eigenvalue weighted by Gasteiger charge is 2.26. The predicted octanol–water partition coefficient (Wildman–Crippen LogP) is 3.07. The van der Waals surface area contributed by atoms with Gasteiger partial charge in [0.15, 0.2) is 0 Å². The zero-order valence-corrected chi connectivity index (χ0v) is 13.2. The van der Waals surface area contributed by atoms with Crippen molar-refractivity contribution in [3.05, 3.63) is 58.9 Å². The Kier molecular flexibility index (Phi) is 5.00. The first kappa shape index (κ1) is 16.3. The molecule has 1 unspecified atom stereocenters. The van der Waals surface area contributed by atoms with Crippen LogP contribution in [0.15, 0.2) is 42.7 Å². The van der Waals surface area contributed by atoms with Crippen molar-refractivity contribution in [3.8, 4) is 0 Å². The van der Waals surface area contributed by atoms with E-state index < -0.39 is 11.6 Å². The fraction of sp³-hybridized carbons (Fsp3) is 0.250. The molecule has 0 aliphatic rings. The van der Waals surface area contributed by atoms with Gasteiger partial charge in [-0.25, -0.2) is 4.79 Å². The lowest BCUT2D eigenvalue weighted by Gasteiger charge is -2.25. The quantitative estimate of drug-likeness (QED) is 0.810. The number of carbonyl (C=O) groups is 1. The van der Waals surface area contributed by atoms with Crippen LogP contribution in [0.2, 0.25) is 5.02 Å². The van der Waals surface area contributed by atoms with E-state index in [-0.39, 0.29) is 6.54 Å². The molecule has 0 saturated carbocycles. The molecule has 1 heterocycles. The van der Waals surface area contributed by atoms with Crippen LogP contribution in [0.4, 0.5) is 10.5 Å². The number of hydrogen-bond donors (Lipinski definition) is 3. The Morgan fingerprint density at radius 3 is 2.77 bits per heavy atom. The van der Waals surface area contributed by atoms with Gasteiger partial charge in [0, 0.05) is 28.7 Å². The number of rotatable bonds is 4. The Morgan fingerprint density at radius 2 is 2.09 bits per heavy atom. The number of benzene rings is 1. The third-order valence-electron chi connectivity index (χ3n) is 3.32. The third-order valence-corrected chi connectivity index (χ3v) is 3.65. The maximum Gasteiger partial charge on any atom is 0.319 e. The first-order valence-electron chi connectivity index (χ1n) is 6.83. The van der Waals surface area contributed by atoms with Crippen molar-refractivity contribution in [3.63, 3.8) is 0 Å². The molecule has 2 rings (SSSR count). The highest BCUT2D eigenvalue weighted by Crippen LogP contribution is 2.27. The summed E-state index contributed by atoms with van der Waals surface area (Å²) in [7, 11) is 0. The highest BCUT2D eigenvalue weighted by molar-refractivity contribution is 6.31. The van der Waals surface area contributed by atoms with E-state index in [2.05, 4.69) is 15.6 Å². The molecular formula is C16H18ClN3O2. The molecule has 1 aromatic carbocycles. The molecular weight excluding hydrogens is 302 g/mol. The number of nitrogens with one attached hydrogen (secondary N) is 2. The first-order chi connectivity index (χ1) is 10.4. The molecule has 0 fully saturated rings. The van der Waals surface area contributed by atoms with Gasteiger partial charge in [0.1, 0.15) is 5.60 Å². The Balaban J connectivity index is 1.99. The van der Waals surface area contributed by atoms with Gasteiger partial charge in [-0.15, -0.1) is 0 Å². The van der Waals surface area contributed by atoms with Crippen LogP contribution in [0.5, 0.6) is 0 Å². The maximum absolute atomic E-state index is 11.9. The molecule has 2 aromatic rings. The van der Waals surface area contributed by atoms with Crippen LogP contribution in [0.25, 0.3) is 0 Å². The molecule has 6 heteroatoms. The number of carbonyl (C=O) groups excluding carboxylic acids is 1. The number of urea groups is 1. The lowest BCUT2D eigenvalue weighted by Crippen LogP contribution is -2.40. The second-order valence-corrected chi connectivity index (χ2v) is 5.66. The van der Waals surface area contributed by atoms with E-state index in [0.717, 1.165) is 5.56 Å². The van der Waals surface area contributed by atoms with E-state index in [0.29, 0.717) is 16.3 Å². The summed E-state index contributed by atoms with van der Waals surface area (Å²) >= 11 is 6.08. The molecule has 0 radical (unpaired) electrons. The van der Waals surface area contributed by atoms with Gasteiger partial charge in [-0.3, -0.25) is 4.98 Å². The van der Waals surface area contributed by atoms with E-state index in [4.69, 9.17) is 11.6 Å². The fourth-order valence-electron chi connectivity index (χ4n) is 2.03. The third kappa shape index (κ3) is 3.96. The van der Waals surface area contributed by atoms with Crippen molar-refractivity contribution in [1.29, 1.82) is 0 Å². The fourth-order valence-corrected chi connectivity index (χ4v) is 2.37. The summed E-state index contributed by atoms with van der Waals surface area (Å²) in [5.74, 6) is 0. The maximum atomic E-state index is 11.9. The SMILES string of the molecule is Cc1cnccc1NC(=O)NCC(C)(O)c1ccccc1Cl. The summed E-state index contributed by atoms with van der Waals surface area (Å²) in [4.78, 5) is 15.9. The Bertz CT molecular complexity index is 674. The standard InChI is InChI=1S/C16H18ClN3O2/c1-11-9-18-8-7-14(11)20-15(21)19-10-16(2,22)12-5-3-4-6-13(12)17/h3-9,22H,10H2,1-2H3,(H2,18,19,20,21). The van der Waals surface area contributed by atoms with Gasteiger partial charge < -0.3 is 15.7 Å². The summed E-state index contributed by atoms with van der Waals surface area (Å²) < 4.78 is 0. The van der Waals surface area contributed by atoms with E-state index in [1.807, 2.05) is 6.92 Å². The minimum atomic E-state index is -1.26. The number of pyridine rings is 1. The number of aromatic nitrogens is 1.